The van der Waals surface area contributed by atoms with Crippen molar-refractivity contribution in [2.24, 2.45) is 0 Å². The Morgan fingerprint density at radius 3 is 2.53 bits per heavy atom. The second kappa shape index (κ2) is 5.16. The van der Waals surface area contributed by atoms with Gasteiger partial charge in [0, 0.05) is 0 Å². The Labute approximate surface area is 91.6 Å². The molecule has 0 saturated carbocycles. The lowest BCUT2D eigenvalue weighted by Gasteiger charge is -2.09. The van der Waals surface area contributed by atoms with E-state index in [1.807, 2.05) is 32.0 Å². The number of nitrogens with one attached hydrogen (secondary N) is 1. The van der Waals surface area contributed by atoms with E-state index >= 15 is 0 Å². The highest BCUT2D eigenvalue weighted by molar-refractivity contribution is 7.92. The van der Waals surface area contributed by atoms with E-state index in [4.69, 9.17) is 0 Å². The molecule has 1 N–H and O–H groups in total. The highest BCUT2D eigenvalue weighted by atomic mass is 32.2. The largest absolute Gasteiger partial charge is 0.283 e. The molecule has 0 fully saturated rings. The van der Waals surface area contributed by atoms with Gasteiger partial charge in [0.2, 0.25) is 10.0 Å². The molecule has 0 radical (unpaired) electrons. The van der Waals surface area contributed by atoms with E-state index in [0.717, 1.165) is 12.0 Å². The van der Waals surface area contributed by atoms with E-state index in [1.54, 1.807) is 6.07 Å². The number of hydrogen-bond donors (Lipinski definition) is 1. The quantitative estimate of drug-likeness (QED) is 0.840. The fourth-order valence-corrected chi connectivity index (χ4v) is 2.58. The molecule has 0 saturated heterocycles. The first-order chi connectivity index (χ1) is 7.05. The number of benzene rings is 1. The maximum atomic E-state index is 11.6. The number of aryl methyl sites for hydroxylation is 1. The zero-order chi connectivity index (χ0) is 11.3. The Bertz CT molecular complexity index is 412. The summed E-state index contributed by atoms with van der Waals surface area (Å²) in [6, 6.07) is 7.38. The smallest absolute Gasteiger partial charge is 0.232 e. The predicted octanol–water partition coefficient (Wildman–Crippen LogP) is 2.54. The minimum atomic E-state index is -3.17. The second-order valence-electron chi connectivity index (χ2n) is 3.59. The molecule has 0 aliphatic heterocycles. The van der Waals surface area contributed by atoms with Crippen LogP contribution in [0.2, 0.25) is 0 Å². The van der Waals surface area contributed by atoms with Gasteiger partial charge in [-0.1, -0.05) is 31.5 Å². The highest BCUT2D eigenvalue weighted by Crippen LogP contribution is 2.15. The van der Waals surface area contributed by atoms with Gasteiger partial charge in [-0.05, 0) is 25.0 Å². The van der Waals surface area contributed by atoms with E-state index in [0.29, 0.717) is 12.1 Å². The predicted molar refractivity (Wildman–Crippen MR) is 63.5 cm³/mol. The molecule has 4 heteroatoms. The molecular weight excluding hydrogens is 210 g/mol. The summed E-state index contributed by atoms with van der Waals surface area (Å²) in [6.07, 6.45) is 1.58. The normalized spacial score (nSPS) is 11.3. The topological polar surface area (TPSA) is 46.2 Å². The molecule has 0 aliphatic rings. The van der Waals surface area contributed by atoms with Gasteiger partial charge < -0.3 is 0 Å². The minimum Gasteiger partial charge on any atom is -0.283 e. The second-order valence-corrected chi connectivity index (χ2v) is 5.43. The Balaban J connectivity index is 2.74. The molecular formula is C11H17NO2S. The third kappa shape index (κ3) is 3.91. The van der Waals surface area contributed by atoms with Crippen molar-refractivity contribution in [1.29, 1.82) is 0 Å². The summed E-state index contributed by atoms with van der Waals surface area (Å²) in [6.45, 7) is 3.86. The van der Waals surface area contributed by atoms with Crippen LogP contribution in [-0.4, -0.2) is 14.2 Å². The molecule has 0 aliphatic carbocycles. The van der Waals surface area contributed by atoms with Crippen molar-refractivity contribution in [3.63, 3.8) is 0 Å². The average molecular weight is 227 g/mol. The van der Waals surface area contributed by atoms with Gasteiger partial charge in [0.25, 0.3) is 0 Å². The lowest BCUT2D eigenvalue weighted by Crippen LogP contribution is -2.17. The number of rotatable bonds is 5. The van der Waals surface area contributed by atoms with Gasteiger partial charge in [0.05, 0.1) is 11.4 Å². The van der Waals surface area contributed by atoms with Gasteiger partial charge in [0.1, 0.15) is 0 Å². The van der Waals surface area contributed by atoms with Crippen LogP contribution in [0.15, 0.2) is 24.3 Å². The van der Waals surface area contributed by atoms with Crippen LogP contribution in [0.3, 0.4) is 0 Å². The van der Waals surface area contributed by atoms with Crippen LogP contribution in [0, 0.1) is 6.92 Å². The van der Waals surface area contributed by atoms with Gasteiger partial charge in [-0.2, -0.15) is 0 Å². The van der Waals surface area contributed by atoms with Crippen molar-refractivity contribution in [2.75, 3.05) is 10.5 Å². The van der Waals surface area contributed by atoms with E-state index in [-0.39, 0.29) is 5.75 Å². The van der Waals surface area contributed by atoms with Crippen molar-refractivity contribution >= 4 is 15.7 Å². The number of hydrogen-bond acceptors (Lipinski definition) is 2. The molecule has 0 unspecified atom stereocenters. The first-order valence-electron chi connectivity index (χ1n) is 5.11. The van der Waals surface area contributed by atoms with E-state index in [9.17, 15) is 8.42 Å². The highest BCUT2D eigenvalue weighted by Gasteiger charge is 2.10. The minimum absolute atomic E-state index is 0.192. The zero-order valence-corrected chi connectivity index (χ0v) is 9.97. The van der Waals surface area contributed by atoms with Crippen molar-refractivity contribution in [3.8, 4) is 0 Å². The van der Waals surface area contributed by atoms with Crippen LogP contribution >= 0.6 is 0 Å². The van der Waals surface area contributed by atoms with Crippen LogP contribution in [0.1, 0.15) is 25.3 Å². The molecule has 0 aromatic heterocycles. The Kier molecular flexibility index (Phi) is 4.15. The molecule has 3 nitrogen and oxygen atoms in total. The lowest BCUT2D eigenvalue weighted by atomic mass is 10.2. The SMILES string of the molecule is CCCCS(=O)(=O)Nc1ccccc1C. The summed E-state index contributed by atoms with van der Waals surface area (Å²) in [5.41, 5.74) is 1.62. The van der Waals surface area contributed by atoms with Crippen molar-refractivity contribution in [1.82, 2.24) is 0 Å². The van der Waals surface area contributed by atoms with Crippen molar-refractivity contribution < 1.29 is 8.42 Å². The molecule has 0 amide bonds. The monoisotopic (exact) mass is 227 g/mol. The Morgan fingerprint density at radius 1 is 1.27 bits per heavy atom. The van der Waals surface area contributed by atoms with Crippen LogP contribution in [0.4, 0.5) is 5.69 Å². The molecule has 0 heterocycles. The summed E-state index contributed by atoms with van der Waals surface area (Å²) in [4.78, 5) is 0. The fraction of sp³-hybridized carbons (Fsp3) is 0.455. The average Bonchev–Trinajstić information content (AvgIpc) is 2.18. The summed E-state index contributed by atoms with van der Waals surface area (Å²) in [5.74, 6) is 0.192. The summed E-state index contributed by atoms with van der Waals surface area (Å²) >= 11 is 0. The third-order valence-electron chi connectivity index (χ3n) is 2.18. The molecule has 15 heavy (non-hydrogen) atoms. The van der Waals surface area contributed by atoms with Gasteiger partial charge in [0.15, 0.2) is 0 Å². The van der Waals surface area contributed by atoms with E-state index in [1.165, 1.54) is 0 Å². The van der Waals surface area contributed by atoms with Gasteiger partial charge >= 0.3 is 0 Å². The van der Waals surface area contributed by atoms with Gasteiger partial charge in [-0.25, -0.2) is 8.42 Å². The molecule has 1 rings (SSSR count). The fourth-order valence-electron chi connectivity index (χ4n) is 1.24. The van der Waals surface area contributed by atoms with Crippen molar-refractivity contribution in [2.45, 2.75) is 26.7 Å². The zero-order valence-electron chi connectivity index (χ0n) is 9.16. The van der Waals surface area contributed by atoms with Gasteiger partial charge in [-0.3, -0.25) is 4.72 Å². The molecule has 84 valence electrons. The summed E-state index contributed by atoms with van der Waals surface area (Å²) in [7, 11) is -3.17. The van der Waals surface area contributed by atoms with E-state index < -0.39 is 10.0 Å². The molecule has 0 spiro atoms. The summed E-state index contributed by atoms with van der Waals surface area (Å²) in [5, 5.41) is 0. The first-order valence-corrected chi connectivity index (χ1v) is 6.76. The third-order valence-corrected chi connectivity index (χ3v) is 3.53. The number of unbranched alkanes of at least 4 members (excludes halogenated alkanes) is 1. The van der Waals surface area contributed by atoms with Crippen LogP contribution in [-0.2, 0) is 10.0 Å². The Morgan fingerprint density at radius 2 is 1.93 bits per heavy atom. The summed E-state index contributed by atoms with van der Waals surface area (Å²) < 4.78 is 25.8. The molecule has 0 atom stereocenters. The van der Waals surface area contributed by atoms with Crippen LogP contribution in [0.25, 0.3) is 0 Å². The first kappa shape index (κ1) is 12.0. The van der Waals surface area contributed by atoms with Crippen molar-refractivity contribution in [3.05, 3.63) is 29.8 Å². The lowest BCUT2D eigenvalue weighted by molar-refractivity contribution is 0.598. The number of sulfonamides is 1. The maximum absolute atomic E-state index is 11.6. The van der Waals surface area contributed by atoms with Crippen LogP contribution in [0.5, 0.6) is 0 Å². The number of para-hydroxylation sites is 1. The van der Waals surface area contributed by atoms with Crippen LogP contribution < -0.4 is 4.72 Å². The standard InChI is InChI=1S/C11H17NO2S/c1-3-4-9-15(13,14)12-11-8-6-5-7-10(11)2/h5-8,12H,3-4,9H2,1-2H3. The molecule has 0 bridgehead atoms. The molecule has 1 aromatic rings. The Hall–Kier alpha value is -1.03. The van der Waals surface area contributed by atoms with E-state index in [2.05, 4.69) is 4.72 Å². The number of anilines is 1. The van der Waals surface area contributed by atoms with Gasteiger partial charge in [-0.15, -0.1) is 0 Å². The molecule has 1 aromatic carbocycles. The maximum Gasteiger partial charge on any atom is 0.232 e.